The highest BCUT2D eigenvalue weighted by Gasteiger charge is 2.14. The molecule has 1 aliphatic heterocycles. The maximum Gasteiger partial charge on any atom is 0.274 e. The maximum absolute atomic E-state index is 13.2. The van der Waals surface area contributed by atoms with Crippen molar-refractivity contribution in [2.75, 3.05) is 17.4 Å². The number of benzene rings is 2. The van der Waals surface area contributed by atoms with Crippen LogP contribution in [0.4, 0.5) is 21.6 Å². The van der Waals surface area contributed by atoms with E-state index in [4.69, 9.17) is 9.47 Å². The first-order valence-corrected chi connectivity index (χ1v) is 7.73. The van der Waals surface area contributed by atoms with E-state index in [0.717, 1.165) is 5.69 Å². The Morgan fingerprint density at radius 3 is 2.77 bits per heavy atom. The molecule has 2 aromatic carbocycles. The molecule has 7 nitrogen and oxygen atoms in total. The van der Waals surface area contributed by atoms with Gasteiger partial charge in [0.2, 0.25) is 6.79 Å². The molecule has 3 aromatic rings. The number of ether oxygens (including phenoxy) is 2. The van der Waals surface area contributed by atoms with Gasteiger partial charge in [-0.2, -0.15) is 0 Å². The smallest absolute Gasteiger partial charge is 0.274 e. The fourth-order valence-corrected chi connectivity index (χ4v) is 2.43. The summed E-state index contributed by atoms with van der Waals surface area (Å²) in [5.74, 6) is 0.840. The standard InChI is InChI=1S/C18H13FN4O3/c19-11-2-1-3-12(6-11)23-18(24)14-8-17(21-9-20-14)22-13-4-5-15-16(7-13)26-10-25-15/h1-9H,10H2,(H,23,24)(H,20,21,22). The molecule has 0 aliphatic carbocycles. The van der Waals surface area contributed by atoms with E-state index in [0.29, 0.717) is 23.0 Å². The van der Waals surface area contributed by atoms with Gasteiger partial charge >= 0.3 is 0 Å². The monoisotopic (exact) mass is 352 g/mol. The molecule has 26 heavy (non-hydrogen) atoms. The van der Waals surface area contributed by atoms with Gasteiger partial charge in [-0.15, -0.1) is 0 Å². The van der Waals surface area contributed by atoms with Crippen LogP contribution in [0.5, 0.6) is 11.5 Å². The summed E-state index contributed by atoms with van der Waals surface area (Å²) in [5.41, 5.74) is 1.22. The van der Waals surface area contributed by atoms with Gasteiger partial charge in [0, 0.05) is 23.5 Å². The summed E-state index contributed by atoms with van der Waals surface area (Å²) in [4.78, 5) is 20.3. The van der Waals surface area contributed by atoms with E-state index in [1.165, 1.54) is 30.6 Å². The Hall–Kier alpha value is -3.68. The van der Waals surface area contributed by atoms with Gasteiger partial charge < -0.3 is 20.1 Å². The average molecular weight is 352 g/mol. The molecule has 0 radical (unpaired) electrons. The molecule has 0 saturated heterocycles. The number of anilines is 3. The number of hydrogen-bond donors (Lipinski definition) is 2. The van der Waals surface area contributed by atoms with E-state index in [2.05, 4.69) is 20.6 Å². The number of amides is 1. The first-order chi connectivity index (χ1) is 12.7. The molecule has 2 N–H and O–H groups in total. The summed E-state index contributed by atoms with van der Waals surface area (Å²) in [6.45, 7) is 0.191. The van der Waals surface area contributed by atoms with Crippen molar-refractivity contribution >= 4 is 23.1 Å². The number of aromatic nitrogens is 2. The summed E-state index contributed by atoms with van der Waals surface area (Å²) in [7, 11) is 0. The lowest BCUT2D eigenvalue weighted by Crippen LogP contribution is -2.14. The number of carbonyl (C=O) groups excluding carboxylic acids is 1. The van der Waals surface area contributed by atoms with Gasteiger partial charge in [0.1, 0.15) is 23.7 Å². The van der Waals surface area contributed by atoms with Crippen LogP contribution in [-0.2, 0) is 0 Å². The maximum atomic E-state index is 13.2. The molecule has 8 heteroatoms. The molecule has 0 bridgehead atoms. The lowest BCUT2D eigenvalue weighted by Gasteiger charge is -2.08. The minimum absolute atomic E-state index is 0.146. The molecule has 2 heterocycles. The second kappa shape index (κ2) is 6.67. The molecule has 0 unspecified atom stereocenters. The molecule has 0 atom stereocenters. The predicted octanol–water partition coefficient (Wildman–Crippen LogP) is 3.34. The highest BCUT2D eigenvalue weighted by molar-refractivity contribution is 6.03. The van der Waals surface area contributed by atoms with Crippen LogP contribution in [0.25, 0.3) is 0 Å². The van der Waals surface area contributed by atoms with Crippen LogP contribution in [0.15, 0.2) is 54.9 Å². The highest BCUT2D eigenvalue weighted by atomic mass is 19.1. The van der Waals surface area contributed by atoms with Crippen molar-refractivity contribution in [3.8, 4) is 11.5 Å². The lowest BCUT2D eigenvalue weighted by molar-refractivity contribution is 0.102. The van der Waals surface area contributed by atoms with Crippen LogP contribution in [0, 0.1) is 5.82 Å². The average Bonchev–Trinajstić information content (AvgIpc) is 3.10. The Morgan fingerprint density at radius 2 is 1.88 bits per heavy atom. The molecule has 0 fully saturated rings. The third kappa shape index (κ3) is 3.39. The first kappa shape index (κ1) is 15.8. The van der Waals surface area contributed by atoms with Crippen LogP contribution in [0.3, 0.4) is 0 Å². The third-order valence-corrected chi connectivity index (χ3v) is 3.63. The molecular formula is C18H13FN4O3. The van der Waals surface area contributed by atoms with Crippen LogP contribution in [0.2, 0.25) is 0 Å². The summed E-state index contributed by atoms with van der Waals surface area (Å²) in [6, 6.07) is 12.5. The molecule has 0 saturated carbocycles. The van der Waals surface area contributed by atoms with E-state index < -0.39 is 11.7 Å². The van der Waals surface area contributed by atoms with Crippen LogP contribution in [0.1, 0.15) is 10.5 Å². The number of hydrogen-bond acceptors (Lipinski definition) is 6. The Morgan fingerprint density at radius 1 is 1.00 bits per heavy atom. The number of nitrogens with zero attached hydrogens (tertiary/aromatic N) is 2. The largest absolute Gasteiger partial charge is 0.454 e. The Labute approximate surface area is 147 Å². The molecule has 0 spiro atoms. The van der Waals surface area contributed by atoms with Gasteiger partial charge in [0.15, 0.2) is 11.5 Å². The molecule has 1 aromatic heterocycles. The van der Waals surface area contributed by atoms with E-state index in [1.54, 1.807) is 18.2 Å². The van der Waals surface area contributed by atoms with E-state index >= 15 is 0 Å². The topological polar surface area (TPSA) is 85.4 Å². The summed E-state index contributed by atoms with van der Waals surface area (Å²) >= 11 is 0. The van der Waals surface area contributed by atoms with Crippen molar-refractivity contribution in [3.05, 3.63) is 66.4 Å². The van der Waals surface area contributed by atoms with Crippen LogP contribution < -0.4 is 20.1 Å². The zero-order chi connectivity index (χ0) is 17.9. The zero-order valence-electron chi connectivity index (χ0n) is 13.4. The van der Waals surface area contributed by atoms with E-state index in [1.807, 2.05) is 6.07 Å². The lowest BCUT2D eigenvalue weighted by atomic mass is 10.2. The molecule has 130 valence electrons. The van der Waals surface area contributed by atoms with E-state index in [-0.39, 0.29) is 12.5 Å². The number of nitrogens with one attached hydrogen (secondary N) is 2. The van der Waals surface area contributed by atoms with Gasteiger partial charge in [-0.3, -0.25) is 4.79 Å². The summed E-state index contributed by atoms with van der Waals surface area (Å²) in [6.07, 6.45) is 1.27. The minimum atomic E-state index is -0.466. The molecular weight excluding hydrogens is 339 g/mol. The van der Waals surface area contributed by atoms with Crippen molar-refractivity contribution in [1.29, 1.82) is 0 Å². The Kier molecular flexibility index (Phi) is 4.06. The molecule has 1 aliphatic rings. The Balaban J connectivity index is 1.50. The van der Waals surface area contributed by atoms with E-state index in [9.17, 15) is 9.18 Å². The fourth-order valence-electron chi connectivity index (χ4n) is 2.43. The zero-order valence-corrected chi connectivity index (χ0v) is 13.4. The van der Waals surface area contributed by atoms with Gasteiger partial charge in [-0.25, -0.2) is 14.4 Å². The van der Waals surface area contributed by atoms with Crippen molar-refractivity contribution in [1.82, 2.24) is 9.97 Å². The summed E-state index contributed by atoms with van der Waals surface area (Å²) < 4.78 is 23.8. The third-order valence-electron chi connectivity index (χ3n) is 3.63. The summed E-state index contributed by atoms with van der Waals surface area (Å²) in [5, 5.41) is 5.67. The van der Waals surface area contributed by atoms with Crippen molar-refractivity contribution in [3.63, 3.8) is 0 Å². The minimum Gasteiger partial charge on any atom is -0.454 e. The van der Waals surface area contributed by atoms with Gasteiger partial charge in [0.25, 0.3) is 5.91 Å². The SMILES string of the molecule is O=C(Nc1cccc(F)c1)c1cc(Nc2ccc3c(c2)OCO3)ncn1. The van der Waals surface area contributed by atoms with Gasteiger partial charge in [-0.05, 0) is 30.3 Å². The number of carbonyl (C=O) groups is 1. The van der Waals surface area contributed by atoms with Crippen molar-refractivity contribution in [2.45, 2.75) is 0 Å². The normalized spacial score (nSPS) is 11.9. The van der Waals surface area contributed by atoms with Gasteiger partial charge in [-0.1, -0.05) is 6.07 Å². The van der Waals surface area contributed by atoms with Crippen molar-refractivity contribution < 1.29 is 18.7 Å². The fraction of sp³-hybridized carbons (Fsp3) is 0.0556. The second-order valence-electron chi connectivity index (χ2n) is 5.45. The van der Waals surface area contributed by atoms with Gasteiger partial charge in [0.05, 0.1) is 0 Å². The highest BCUT2D eigenvalue weighted by Crippen LogP contribution is 2.34. The number of fused-ring (bicyclic) bond motifs is 1. The Bertz CT molecular complexity index is 980. The number of halogens is 1. The first-order valence-electron chi connectivity index (χ1n) is 7.73. The number of rotatable bonds is 4. The second-order valence-corrected chi connectivity index (χ2v) is 5.45. The quantitative estimate of drug-likeness (QED) is 0.749. The van der Waals surface area contributed by atoms with Crippen LogP contribution >= 0.6 is 0 Å². The molecule has 1 amide bonds. The van der Waals surface area contributed by atoms with Crippen LogP contribution in [-0.4, -0.2) is 22.7 Å². The van der Waals surface area contributed by atoms with Crippen molar-refractivity contribution in [2.24, 2.45) is 0 Å². The predicted molar refractivity (Wildman–Crippen MR) is 92.2 cm³/mol. The molecule has 4 rings (SSSR count).